The fraction of sp³-hybridized carbons (Fsp3) is 0.474. The Kier molecular flexibility index (Phi) is 5.15. The number of amides is 1. The second-order valence-electron chi connectivity index (χ2n) is 6.85. The molecule has 0 spiro atoms. The molecule has 2 aliphatic rings. The number of aromatic nitrogens is 2. The predicted octanol–water partition coefficient (Wildman–Crippen LogP) is 1.48. The second kappa shape index (κ2) is 7.87. The van der Waals surface area contributed by atoms with Gasteiger partial charge in [-0.15, -0.1) is 0 Å². The Balaban J connectivity index is 1.33. The predicted molar refractivity (Wildman–Crippen MR) is 95.3 cm³/mol. The van der Waals surface area contributed by atoms with E-state index in [0.29, 0.717) is 44.2 Å². The van der Waals surface area contributed by atoms with Crippen LogP contribution >= 0.6 is 0 Å². The molecule has 0 bridgehead atoms. The van der Waals surface area contributed by atoms with Crippen LogP contribution in [-0.4, -0.2) is 64.1 Å². The Bertz CT molecular complexity index is 807. The third-order valence-electron chi connectivity index (χ3n) is 4.91. The molecule has 2 aromatic rings. The summed E-state index contributed by atoms with van der Waals surface area (Å²) in [5.74, 6) is 0.795. The van der Waals surface area contributed by atoms with Gasteiger partial charge in [-0.25, -0.2) is 0 Å². The van der Waals surface area contributed by atoms with Crippen LogP contribution in [0.2, 0.25) is 0 Å². The zero-order valence-electron chi connectivity index (χ0n) is 15.0. The van der Waals surface area contributed by atoms with Gasteiger partial charge in [0.15, 0.2) is 11.9 Å². The van der Waals surface area contributed by atoms with Gasteiger partial charge in [0.2, 0.25) is 0 Å². The van der Waals surface area contributed by atoms with E-state index in [-0.39, 0.29) is 11.9 Å². The molecule has 142 valence electrons. The van der Waals surface area contributed by atoms with Gasteiger partial charge in [-0.2, -0.15) is 4.98 Å². The summed E-state index contributed by atoms with van der Waals surface area (Å²) in [6.45, 7) is 3.43. The second-order valence-corrected chi connectivity index (χ2v) is 6.85. The molecular formula is C19H22N4O4. The van der Waals surface area contributed by atoms with E-state index in [1.54, 1.807) is 4.90 Å². The van der Waals surface area contributed by atoms with Crippen molar-refractivity contribution < 1.29 is 18.8 Å². The molecule has 1 aromatic heterocycles. The molecule has 0 radical (unpaired) electrons. The molecule has 0 aliphatic carbocycles. The SMILES string of the molecule is O=C1CCC(C(=O)N2CCCN(Cc3noc(-c4ccccc4)n3)CC2)O1. The Morgan fingerprint density at radius 2 is 2.00 bits per heavy atom. The molecule has 0 N–H and O–H groups in total. The molecule has 8 nitrogen and oxygen atoms in total. The highest BCUT2D eigenvalue weighted by Crippen LogP contribution is 2.19. The van der Waals surface area contributed by atoms with Crippen LogP contribution in [0.5, 0.6) is 0 Å². The number of carbonyl (C=O) groups excluding carboxylic acids is 2. The van der Waals surface area contributed by atoms with Gasteiger partial charge in [-0.3, -0.25) is 14.5 Å². The van der Waals surface area contributed by atoms with Gasteiger partial charge in [0.1, 0.15) is 0 Å². The largest absolute Gasteiger partial charge is 0.452 e. The number of cyclic esters (lactones) is 1. The van der Waals surface area contributed by atoms with Gasteiger partial charge in [0.05, 0.1) is 6.54 Å². The van der Waals surface area contributed by atoms with Crippen LogP contribution < -0.4 is 0 Å². The van der Waals surface area contributed by atoms with Gasteiger partial charge in [0.25, 0.3) is 11.8 Å². The minimum Gasteiger partial charge on any atom is -0.452 e. The fourth-order valence-corrected chi connectivity index (χ4v) is 3.47. The highest BCUT2D eigenvalue weighted by atomic mass is 16.6. The molecule has 1 aromatic carbocycles. The smallest absolute Gasteiger partial charge is 0.306 e. The Hall–Kier alpha value is -2.74. The topological polar surface area (TPSA) is 88.8 Å². The van der Waals surface area contributed by atoms with Crippen molar-refractivity contribution in [3.05, 3.63) is 36.2 Å². The molecule has 2 aliphatic heterocycles. The molecule has 1 unspecified atom stereocenters. The van der Waals surface area contributed by atoms with Crippen LogP contribution in [0, 0.1) is 0 Å². The average molecular weight is 370 g/mol. The number of nitrogens with zero attached hydrogens (tertiary/aromatic N) is 4. The van der Waals surface area contributed by atoms with E-state index in [1.807, 2.05) is 30.3 Å². The molecule has 27 heavy (non-hydrogen) atoms. The first-order chi connectivity index (χ1) is 13.2. The number of hydrogen-bond donors (Lipinski definition) is 0. The van der Waals surface area contributed by atoms with Crippen LogP contribution in [0.15, 0.2) is 34.9 Å². The summed E-state index contributed by atoms with van der Waals surface area (Å²) in [7, 11) is 0. The number of esters is 1. The molecule has 2 fully saturated rings. The lowest BCUT2D eigenvalue weighted by Gasteiger charge is -2.23. The number of ether oxygens (including phenoxy) is 1. The lowest BCUT2D eigenvalue weighted by molar-refractivity contribution is -0.152. The highest BCUT2D eigenvalue weighted by molar-refractivity contribution is 5.86. The van der Waals surface area contributed by atoms with E-state index in [2.05, 4.69) is 15.0 Å². The van der Waals surface area contributed by atoms with Crippen molar-refractivity contribution in [2.75, 3.05) is 26.2 Å². The van der Waals surface area contributed by atoms with Crippen molar-refractivity contribution in [2.24, 2.45) is 0 Å². The van der Waals surface area contributed by atoms with E-state index in [4.69, 9.17) is 9.26 Å². The van der Waals surface area contributed by atoms with E-state index >= 15 is 0 Å². The third-order valence-corrected chi connectivity index (χ3v) is 4.91. The monoisotopic (exact) mass is 370 g/mol. The van der Waals surface area contributed by atoms with E-state index < -0.39 is 6.10 Å². The normalized spacial score (nSPS) is 21.1. The molecule has 1 atom stereocenters. The van der Waals surface area contributed by atoms with Crippen molar-refractivity contribution in [1.82, 2.24) is 19.9 Å². The van der Waals surface area contributed by atoms with Gasteiger partial charge >= 0.3 is 5.97 Å². The number of rotatable bonds is 4. The van der Waals surface area contributed by atoms with Gasteiger partial charge in [-0.1, -0.05) is 23.4 Å². The van der Waals surface area contributed by atoms with Crippen molar-refractivity contribution in [3.8, 4) is 11.5 Å². The van der Waals surface area contributed by atoms with E-state index in [1.165, 1.54) is 0 Å². The number of hydrogen-bond acceptors (Lipinski definition) is 7. The summed E-state index contributed by atoms with van der Waals surface area (Å²) in [6, 6.07) is 9.67. The lowest BCUT2D eigenvalue weighted by Crippen LogP contribution is -2.41. The molecule has 3 heterocycles. The van der Waals surface area contributed by atoms with Crippen LogP contribution in [0.1, 0.15) is 25.1 Å². The first kappa shape index (κ1) is 17.7. The number of carbonyl (C=O) groups is 2. The van der Waals surface area contributed by atoms with Gasteiger partial charge in [-0.05, 0) is 18.6 Å². The highest BCUT2D eigenvalue weighted by Gasteiger charge is 2.33. The maximum absolute atomic E-state index is 12.5. The van der Waals surface area contributed by atoms with Crippen LogP contribution in [-0.2, 0) is 20.9 Å². The summed E-state index contributed by atoms with van der Waals surface area (Å²) >= 11 is 0. The van der Waals surface area contributed by atoms with Crippen molar-refractivity contribution in [3.63, 3.8) is 0 Å². The molecule has 2 saturated heterocycles. The first-order valence-corrected chi connectivity index (χ1v) is 9.28. The zero-order chi connectivity index (χ0) is 18.6. The summed E-state index contributed by atoms with van der Waals surface area (Å²) in [5, 5.41) is 4.08. The summed E-state index contributed by atoms with van der Waals surface area (Å²) in [5.41, 5.74) is 0.898. The molecule has 1 amide bonds. The zero-order valence-corrected chi connectivity index (χ0v) is 15.0. The Morgan fingerprint density at radius 3 is 2.78 bits per heavy atom. The van der Waals surface area contributed by atoms with Crippen molar-refractivity contribution >= 4 is 11.9 Å². The molecule has 0 saturated carbocycles. The Morgan fingerprint density at radius 1 is 1.15 bits per heavy atom. The van der Waals surface area contributed by atoms with Crippen molar-refractivity contribution in [2.45, 2.75) is 31.9 Å². The van der Waals surface area contributed by atoms with Crippen LogP contribution in [0.3, 0.4) is 0 Å². The first-order valence-electron chi connectivity index (χ1n) is 9.28. The summed E-state index contributed by atoms with van der Waals surface area (Å²) in [6.07, 6.45) is 1.08. The fourth-order valence-electron chi connectivity index (χ4n) is 3.47. The van der Waals surface area contributed by atoms with Crippen LogP contribution in [0.25, 0.3) is 11.5 Å². The third kappa shape index (κ3) is 4.16. The van der Waals surface area contributed by atoms with Gasteiger partial charge < -0.3 is 14.2 Å². The molecule has 4 rings (SSSR count). The quantitative estimate of drug-likeness (QED) is 0.753. The average Bonchev–Trinajstić information content (AvgIpc) is 3.27. The van der Waals surface area contributed by atoms with E-state index in [9.17, 15) is 9.59 Å². The maximum atomic E-state index is 12.5. The summed E-state index contributed by atoms with van der Waals surface area (Å²) < 4.78 is 10.5. The maximum Gasteiger partial charge on any atom is 0.306 e. The van der Waals surface area contributed by atoms with Gasteiger partial charge in [0, 0.05) is 44.6 Å². The Labute approximate surface area is 157 Å². The lowest BCUT2D eigenvalue weighted by atomic mass is 10.2. The minimum atomic E-state index is -0.602. The molecule has 8 heteroatoms. The number of benzene rings is 1. The standard InChI is InChI=1S/C19H22N4O4/c24-17-8-7-15(26-17)19(25)23-10-4-9-22(11-12-23)13-16-20-18(27-21-16)14-5-2-1-3-6-14/h1-3,5-6,15H,4,7-13H2. The van der Waals surface area contributed by atoms with Crippen LogP contribution in [0.4, 0.5) is 0 Å². The minimum absolute atomic E-state index is 0.0753. The summed E-state index contributed by atoms with van der Waals surface area (Å²) in [4.78, 5) is 32.2. The van der Waals surface area contributed by atoms with Crippen molar-refractivity contribution in [1.29, 1.82) is 0 Å². The molecular weight excluding hydrogens is 348 g/mol. The van der Waals surface area contributed by atoms with E-state index in [0.717, 1.165) is 25.1 Å².